The first-order valence-corrected chi connectivity index (χ1v) is 10.7. The number of amides is 3. The van der Waals surface area contributed by atoms with Gasteiger partial charge in [0, 0.05) is 37.7 Å². The smallest absolute Gasteiger partial charge is 0.322 e. The zero-order valence-electron chi connectivity index (χ0n) is 18.7. The summed E-state index contributed by atoms with van der Waals surface area (Å²) < 4.78 is 11.2. The minimum Gasteiger partial charge on any atom is -0.351 e. The van der Waals surface area contributed by atoms with Gasteiger partial charge in [-0.2, -0.15) is 0 Å². The van der Waals surface area contributed by atoms with Crippen LogP contribution < -0.4 is 27.0 Å². The van der Waals surface area contributed by atoms with Crippen molar-refractivity contribution < 1.29 is 19.1 Å². The summed E-state index contributed by atoms with van der Waals surface area (Å²) in [5.74, 6) is -0.344. The van der Waals surface area contributed by atoms with E-state index in [0.29, 0.717) is 37.7 Å². The molecule has 2 aromatic carbocycles. The molecule has 0 unspecified atom stereocenters. The monoisotopic (exact) mass is 443 g/mol. The molecule has 0 aliphatic heterocycles. The molecule has 6 N–H and O–H groups in total. The topological polar surface area (TPSA) is 132 Å². The summed E-state index contributed by atoms with van der Waals surface area (Å²) in [6, 6.07) is 14.1. The lowest BCUT2D eigenvalue weighted by Gasteiger charge is -2.27. The van der Waals surface area contributed by atoms with Gasteiger partial charge in [0.25, 0.3) is 0 Å². The van der Waals surface area contributed by atoms with Crippen LogP contribution in [0.5, 0.6) is 0 Å². The number of carbonyl (C=O) groups is 2. The molecule has 0 saturated heterocycles. The SMILES string of the molecule is CCOC(CN(C(=O)NCC(=O)Nc1ccc(CN)cc1)c1ccc(CN)cc1)OCC. The number of carbonyl (C=O) groups excluding carboxylic acids is 2. The van der Waals surface area contributed by atoms with Crippen molar-refractivity contribution in [3.05, 3.63) is 59.7 Å². The molecular formula is C23H33N5O4. The van der Waals surface area contributed by atoms with Crippen molar-refractivity contribution >= 4 is 23.3 Å². The van der Waals surface area contributed by atoms with Crippen molar-refractivity contribution in [2.45, 2.75) is 33.2 Å². The Balaban J connectivity index is 2.05. The highest BCUT2D eigenvalue weighted by Crippen LogP contribution is 2.17. The van der Waals surface area contributed by atoms with Crippen molar-refractivity contribution in [3.63, 3.8) is 0 Å². The van der Waals surface area contributed by atoms with Gasteiger partial charge in [-0.15, -0.1) is 0 Å². The first-order valence-electron chi connectivity index (χ1n) is 10.7. The van der Waals surface area contributed by atoms with Crippen LogP contribution in [-0.4, -0.2) is 44.5 Å². The molecule has 9 nitrogen and oxygen atoms in total. The summed E-state index contributed by atoms with van der Waals surface area (Å²) in [7, 11) is 0. The Hall–Kier alpha value is -2.98. The predicted octanol–water partition coefficient (Wildman–Crippen LogP) is 2.16. The van der Waals surface area contributed by atoms with Gasteiger partial charge in [-0.25, -0.2) is 4.79 Å². The number of ether oxygens (including phenoxy) is 2. The number of hydrogen-bond donors (Lipinski definition) is 4. The standard InChI is InChI=1S/C23H33N5O4/c1-3-31-22(32-4-2)16-28(20-11-7-18(14-25)8-12-20)23(30)26-15-21(29)27-19-9-5-17(13-24)6-10-19/h5-12,22H,3-4,13-16,24-25H2,1-2H3,(H,26,30)(H,27,29). The van der Waals surface area contributed by atoms with Gasteiger partial charge in [-0.1, -0.05) is 24.3 Å². The van der Waals surface area contributed by atoms with E-state index in [0.717, 1.165) is 11.1 Å². The molecule has 174 valence electrons. The Bertz CT molecular complexity index is 836. The number of benzene rings is 2. The van der Waals surface area contributed by atoms with Gasteiger partial charge >= 0.3 is 6.03 Å². The van der Waals surface area contributed by atoms with Gasteiger partial charge in [-0.05, 0) is 49.2 Å². The maximum atomic E-state index is 13.0. The highest BCUT2D eigenvalue weighted by Gasteiger charge is 2.22. The number of urea groups is 1. The largest absolute Gasteiger partial charge is 0.351 e. The molecule has 0 aliphatic carbocycles. The highest BCUT2D eigenvalue weighted by atomic mass is 16.7. The third kappa shape index (κ3) is 7.93. The first kappa shape index (κ1) is 25.3. The lowest BCUT2D eigenvalue weighted by Crippen LogP contribution is -2.47. The zero-order valence-corrected chi connectivity index (χ0v) is 18.7. The summed E-state index contributed by atoms with van der Waals surface area (Å²) in [6.07, 6.45) is -0.597. The van der Waals surface area contributed by atoms with E-state index in [-0.39, 0.29) is 19.0 Å². The van der Waals surface area contributed by atoms with Crippen molar-refractivity contribution in [3.8, 4) is 0 Å². The summed E-state index contributed by atoms with van der Waals surface area (Å²) in [6.45, 7) is 5.40. The van der Waals surface area contributed by atoms with E-state index in [4.69, 9.17) is 20.9 Å². The van der Waals surface area contributed by atoms with Gasteiger partial charge in [-0.3, -0.25) is 9.69 Å². The number of nitrogens with two attached hydrogens (primary N) is 2. The number of rotatable bonds is 12. The summed E-state index contributed by atoms with van der Waals surface area (Å²) in [5.41, 5.74) is 14.4. The number of hydrogen-bond acceptors (Lipinski definition) is 6. The van der Waals surface area contributed by atoms with Crippen LogP contribution in [0, 0.1) is 0 Å². The van der Waals surface area contributed by atoms with E-state index < -0.39 is 12.3 Å². The van der Waals surface area contributed by atoms with Gasteiger partial charge in [0.15, 0.2) is 6.29 Å². The second-order valence-corrected chi connectivity index (χ2v) is 6.93. The summed E-state index contributed by atoms with van der Waals surface area (Å²) in [4.78, 5) is 26.8. The lowest BCUT2D eigenvalue weighted by molar-refractivity contribution is -0.128. The van der Waals surface area contributed by atoms with Gasteiger partial charge < -0.3 is 31.6 Å². The van der Waals surface area contributed by atoms with Crippen LogP contribution in [0.2, 0.25) is 0 Å². The molecule has 2 aromatic rings. The van der Waals surface area contributed by atoms with Crippen LogP contribution in [-0.2, 0) is 27.4 Å². The second kappa shape index (κ2) is 13.4. The zero-order chi connectivity index (χ0) is 23.3. The minimum atomic E-state index is -0.597. The molecular weight excluding hydrogens is 410 g/mol. The molecule has 0 saturated carbocycles. The number of nitrogens with one attached hydrogen (secondary N) is 2. The van der Waals surface area contributed by atoms with Gasteiger partial charge in [0.05, 0.1) is 13.1 Å². The van der Waals surface area contributed by atoms with E-state index in [1.807, 2.05) is 38.1 Å². The Morgan fingerprint density at radius 3 is 1.94 bits per heavy atom. The van der Waals surface area contributed by atoms with E-state index >= 15 is 0 Å². The van der Waals surface area contributed by atoms with Crippen LogP contribution in [0.1, 0.15) is 25.0 Å². The van der Waals surface area contributed by atoms with Crippen LogP contribution in [0.15, 0.2) is 48.5 Å². The Kier molecular flexibility index (Phi) is 10.6. The predicted molar refractivity (Wildman–Crippen MR) is 125 cm³/mol. The third-order valence-electron chi connectivity index (χ3n) is 4.64. The fourth-order valence-electron chi connectivity index (χ4n) is 2.97. The second-order valence-electron chi connectivity index (χ2n) is 6.93. The Labute approximate surface area is 189 Å². The summed E-state index contributed by atoms with van der Waals surface area (Å²) >= 11 is 0. The number of nitrogens with zero attached hydrogens (tertiary/aromatic N) is 1. The average molecular weight is 444 g/mol. The highest BCUT2D eigenvalue weighted by molar-refractivity contribution is 5.98. The lowest BCUT2D eigenvalue weighted by atomic mass is 10.2. The Morgan fingerprint density at radius 2 is 1.44 bits per heavy atom. The molecule has 0 aromatic heterocycles. The number of anilines is 2. The summed E-state index contributed by atoms with van der Waals surface area (Å²) in [5, 5.41) is 5.41. The molecule has 2 rings (SSSR count). The van der Waals surface area contributed by atoms with Crippen LogP contribution in [0.4, 0.5) is 16.2 Å². The van der Waals surface area contributed by atoms with Crippen molar-refractivity contribution in [1.29, 1.82) is 0 Å². The van der Waals surface area contributed by atoms with E-state index in [1.54, 1.807) is 24.3 Å². The van der Waals surface area contributed by atoms with E-state index in [9.17, 15) is 9.59 Å². The molecule has 0 fully saturated rings. The third-order valence-corrected chi connectivity index (χ3v) is 4.64. The maximum Gasteiger partial charge on any atom is 0.322 e. The quantitative estimate of drug-likeness (QED) is 0.372. The molecule has 0 aliphatic rings. The molecule has 0 heterocycles. The van der Waals surface area contributed by atoms with E-state index in [1.165, 1.54) is 4.90 Å². The van der Waals surface area contributed by atoms with Gasteiger partial charge in [0.2, 0.25) is 5.91 Å². The fourth-order valence-corrected chi connectivity index (χ4v) is 2.97. The van der Waals surface area contributed by atoms with Crippen LogP contribution in [0.25, 0.3) is 0 Å². The maximum absolute atomic E-state index is 13.0. The first-order chi connectivity index (χ1) is 15.5. The van der Waals surface area contributed by atoms with Crippen molar-refractivity contribution in [2.75, 3.05) is 36.5 Å². The molecule has 32 heavy (non-hydrogen) atoms. The fraction of sp³-hybridized carbons (Fsp3) is 0.391. The Morgan fingerprint density at radius 1 is 0.906 bits per heavy atom. The van der Waals surface area contributed by atoms with Crippen molar-refractivity contribution in [2.24, 2.45) is 11.5 Å². The van der Waals surface area contributed by atoms with E-state index in [2.05, 4.69) is 10.6 Å². The molecule has 9 heteroatoms. The normalized spacial score (nSPS) is 10.8. The average Bonchev–Trinajstić information content (AvgIpc) is 2.82. The van der Waals surface area contributed by atoms with Crippen LogP contribution in [0.3, 0.4) is 0 Å². The molecule has 0 atom stereocenters. The molecule has 0 radical (unpaired) electrons. The molecule has 3 amide bonds. The van der Waals surface area contributed by atoms with Gasteiger partial charge in [0.1, 0.15) is 0 Å². The van der Waals surface area contributed by atoms with Crippen LogP contribution >= 0.6 is 0 Å². The molecule has 0 bridgehead atoms. The van der Waals surface area contributed by atoms with Crippen molar-refractivity contribution in [1.82, 2.24) is 5.32 Å². The molecule has 0 spiro atoms. The minimum absolute atomic E-state index is 0.164.